The van der Waals surface area contributed by atoms with E-state index in [0.717, 1.165) is 19.5 Å². The molecule has 82 valence electrons. The van der Waals surface area contributed by atoms with Crippen molar-refractivity contribution in [3.05, 3.63) is 12.4 Å². The molecule has 1 atom stereocenters. The number of nitrogens with zero attached hydrogens (tertiary/aromatic N) is 4. The van der Waals surface area contributed by atoms with Gasteiger partial charge in [0.1, 0.15) is 6.54 Å². The van der Waals surface area contributed by atoms with Crippen LogP contribution in [0, 0.1) is 5.92 Å². The standard InChI is InChI=1S/C9H15N5O/c10-5-8-1-3-13(6-8)9(15)7-14-4-2-11-12-14/h2,4,8H,1,3,5-7,10H2. The van der Waals surface area contributed by atoms with E-state index in [1.165, 1.54) is 4.68 Å². The van der Waals surface area contributed by atoms with Crippen molar-refractivity contribution in [2.24, 2.45) is 11.7 Å². The molecule has 0 bridgehead atoms. The van der Waals surface area contributed by atoms with Crippen molar-refractivity contribution in [3.8, 4) is 0 Å². The molecule has 2 heterocycles. The van der Waals surface area contributed by atoms with Gasteiger partial charge in [-0.25, -0.2) is 4.68 Å². The highest BCUT2D eigenvalue weighted by molar-refractivity contribution is 5.76. The van der Waals surface area contributed by atoms with Crippen molar-refractivity contribution < 1.29 is 4.79 Å². The molecular formula is C9H15N5O. The molecule has 2 N–H and O–H groups in total. The Bertz CT molecular complexity index is 323. The van der Waals surface area contributed by atoms with Gasteiger partial charge in [-0.2, -0.15) is 0 Å². The van der Waals surface area contributed by atoms with Crippen LogP contribution in [0.3, 0.4) is 0 Å². The fraction of sp³-hybridized carbons (Fsp3) is 0.667. The predicted molar refractivity (Wildman–Crippen MR) is 53.8 cm³/mol. The van der Waals surface area contributed by atoms with Crippen LogP contribution < -0.4 is 5.73 Å². The summed E-state index contributed by atoms with van der Waals surface area (Å²) in [6.07, 6.45) is 4.27. The summed E-state index contributed by atoms with van der Waals surface area (Å²) in [4.78, 5) is 13.6. The quantitative estimate of drug-likeness (QED) is 0.699. The summed E-state index contributed by atoms with van der Waals surface area (Å²) < 4.78 is 1.54. The van der Waals surface area contributed by atoms with Crippen LogP contribution >= 0.6 is 0 Å². The number of nitrogens with two attached hydrogens (primary N) is 1. The topological polar surface area (TPSA) is 77.0 Å². The molecule has 6 nitrogen and oxygen atoms in total. The van der Waals surface area contributed by atoms with Gasteiger partial charge in [0.25, 0.3) is 0 Å². The first-order valence-electron chi connectivity index (χ1n) is 5.11. The van der Waals surface area contributed by atoms with Crippen molar-refractivity contribution in [1.29, 1.82) is 0 Å². The highest BCUT2D eigenvalue weighted by Gasteiger charge is 2.25. The van der Waals surface area contributed by atoms with Gasteiger partial charge < -0.3 is 10.6 Å². The lowest BCUT2D eigenvalue weighted by molar-refractivity contribution is -0.131. The summed E-state index contributed by atoms with van der Waals surface area (Å²) in [7, 11) is 0. The molecule has 1 amide bonds. The number of carbonyl (C=O) groups excluding carboxylic acids is 1. The second-order valence-corrected chi connectivity index (χ2v) is 3.83. The van der Waals surface area contributed by atoms with Crippen LogP contribution in [-0.2, 0) is 11.3 Å². The predicted octanol–water partition coefficient (Wildman–Crippen LogP) is -0.915. The van der Waals surface area contributed by atoms with E-state index in [1.54, 1.807) is 12.4 Å². The number of likely N-dealkylation sites (tertiary alicyclic amines) is 1. The molecule has 0 radical (unpaired) electrons. The Kier molecular flexibility index (Phi) is 2.96. The summed E-state index contributed by atoms with van der Waals surface area (Å²) in [5.74, 6) is 0.557. The lowest BCUT2D eigenvalue weighted by Crippen LogP contribution is -2.32. The first-order valence-corrected chi connectivity index (χ1v) is 5.11. The first-order chi connectivity index (χ1) is 7.29. The van der Waals surface area contributed by atoms with Crippen molar-refractivity contribution >= 4 is 5.91 Å². The molecule has 0 aromatic carbocycles. The molecule has 1 aromatic heterocycles. The maximum absolute atomic E-state index is 11.8. The van der Waals surface area contributed by atoms with E-state index in [0.29, 0.717) is 12.5 Å². The van der Waals surface area contributed by atoms with Crippen LogP contribution in [0.4, 0.5) is 0 Å². The van der Waals surface area contributed by atoms with Crippen molar-refractivity contribution in [2.45, 2.75) is 13.0 Å². The molecule has 0 saturated carbocycles. The van der Waals surface area contributed by atoms with Gasteiger partial charge in [-0.3, -0.25) is 4.79 Å². The Morgan fingerprint density at radius 2 is 2.47 bits per heavy atom. The average Bonchev–Trinajstić information content (AvgIpc) is 2.86. The Balaban J connectivity index is 1.87. The van der Waals surface area contributed by atoms with Gasteiger partial charge >= 0.3 is 0 Å². The van der Waals surface area contributed by atoms with Crippen LogP contribution in [0.5, 0.6) is 0 Å². The van der Waals surface area contributed by atoms with Crippen LogP contribution in [0.15, 0.2) is 12.4 Å². The molecule has 1 aliphatic heterocycles. The lowest BCUT2D eigenvalue weighted by Gasteiger charge is -2.15. The van der Waals surface area contributed by atoms with Crippen LogP contribution in [0.2, 0.25) is 0 Å². The number of amides is 1. The minimum Gasteiger partial charge on any atom is -0.341 e. The number of hydrogen-bond acceptors (Lipinski definition) is 4. The Morgan fingerprint density at radius 3 is 3.07 bits per heavy atom. The molecule has 6 heteroatoms. The zero-order chi connectivity index (χ0) is 10.7. The van der Waals surface area contributed by atoms with Crippen molar-refractivity contribution in [1.82, 2.24) is 19.9 Å². The summed E-state index contributed by atoms with van der Waals surface area (Å²) in [6.45, 7) is 2.53. The van der Waals surface area contributed by atoms with Crippen molar-refractivity contribution in [3.63, 3.8) is 0 Å². The zero-order valence-corrected chi connectivity index (χ0v) is 8.54. The van der Waals surface area contributed by atoms with Gasteiger partial charge in [0, 0.05) is 19.3 Å². The smallest absolute Gasteiger partial charge is 0.244 e. The van der Waals surface area contributed by atoms with E-state index >= 15 is 0 Å². The fourth-order valence-electron chi connectivity index (χ4n) is 1.81. The van der Waals surface area contributed by atoms with E-state index in [4.69, 9.17) is 5.73 Å². The van der Waals surface area contributed by atoms with Gasteiger partial charge in [-0.05, 0) is 18.9 Å². The molecule has 15 heavy (non-hydrogen) atoms. The van der Waals surface area contributed by atoms with E-state index < -0.39 is 0 Å². The molecule has 1 fully saturated rings. The van der Waals surface area contributed by atoms with Crippen molar-refractivity contribution in [2.75, 3.05) is 19.6 Å². The van der Waals surface area contributed by atoms with Gasteiger partial charge in [-0.1, -0.05) is 5.21 Å². The maximum atomic E-state index is 11.8. The molecule has 1 aliphatic rings. The minimum atomic E-state index is 0.0939. The third-order valence-corrected chi connectivity index (χ3v) is 2.74. The molecule has 0 aliphatic carbocycles. The van der Waals surface area contributed by atoms with Gasteiger partial charge in [0.2, 0.25) is 5.91 Å². The molecule has 1 aromatic rings. The SMILES string of the molecule is NCC1CCN(C(=O)Cn2ccnn2)C1. The van der Waals surface area contributed by atoms with Crippen LogP contribution in [-0.4, -0.2) is 45.4 Å². The van der Waals surface area contributed by atoms with Crippen LogP contribution in [0.25, 0.3) is 0 Å². The number of carbonyl (C=O) groups is 1. The number of rotatable bonds is 3. The Labute approximate surface area is 88.0 Å². The molecule has 1 saturated heterocycles. The normalized spacial score (nSPS) is 20.9. The highest BCUT2D eigenvalue weighted by atomic mass is 16.2. The summed E-state index contributed by atoms with van der Waals surface area (Å²) >= 11 is 0. The summed E-state index contributed by atoms with van der Waals surface area (Å²) in [5, 5.41) is 7.42. The summed E-state index contributed by atoms with van der Waals surface area (Å²) in [6, 6.07) is 0. The molecule has 2 rings (SSSR count). The third-order valence-electron chi connectivity index (χ3n) is 2.74. The number of aromatic nitrogens is 3. The van der Waals surface area contributed by atoms with Gasteiger partial charge in [0.15, 0.2) is 0 Å². The van der Waals surface area contributed by atoms with E-state index in [9.17, 15) is 4.79 Å². The third kappa shape index (κ3) is 2.33. The monoisotopic (exact) mass is 209 g/mol. The molecular weight excluding hydrogens is 194 g/mol. The van der Waals surface area contributed by atoms with Gasteiger partial charge in [-0.15, -0.1) is 5.10 Å². The molecule has 1 unspecified atom stereocenters. The summed E-state index contributed by atoms with van der Waals surface area (Å²) in [5.41, 5.74) is 5.57. The van der Waals surface area contributed by atoms with Crippen LogP contribution in [0.1, 0.15) is 6.42 Å². The van der Waals surface area contributed by atoms with E-state index in [2.05, 4.69) is 10.3 Å². The van der Waals surface area contributed by atoms with E-state index in [-0.39, 0.29) is 12.5 Å². The highest BCUT2D eigenvalue weighted by Crippen LogP contribution is 2.14. The minimum absolute atomic E-state index is 0.0939. The Morgan fingerprint density at radius 1 is 1.60 bits per heavy atom. The van der Waals surface area contributed by atoms with Gasteiger partial charge in [0.05, 0.1) is 6.20 Å². The lowest BCUT2D eigenvalue weighted by atomic mass is 10.1. The largest absolute Gasteiger partial charge is 0.341 e. The first kappa shape index (κ1) is 10.1. The number of hydrogen-bond donors (Lipinski definition) is 1. The zero-order valence-electron chi connectivity index (χ0n) is 8.54. The second kappa shape index (κ2) is 4.39. The maximum Gasteiger partial charge on any atom is 0.244 e. The second-order valence-electron chi connectivity index (χ2n) is 3.83. The Hall–Kier alpha value is -1.43. The fourth-order valence-corrected chi connectivity index (χ4v) is 1.81. The van der Waals surface area contributed by atoms with E-state index in [1.807, 2.05) is 4.90 Å². The molecule has 0 spiro atoms. The average molecular weight is 209 g/mol.